The molecule has 130 valence electrons. The van der Waals surface area contributed by atoms with Crippen molar-refractivity contribution in [2.24, 2.45) is 0 Å². The molecule has 0 spiro atoms. The summed E-state index contributed by atoms with van der Waals surface area (Å²) in [5.41, 5.74) is 0. The predicted octanol–water partition coefficient (Wildman–Crippen LogP) is 8.46. The molecule has 2 aromatic rings. The molecule has 0 nitrogen and oxygen atoms in total. The van der Waals surface area contributed by atoms with Gasteiger partial charge in [0.15, 0.2) is 0 Å². The molecule has 0 fully saturated rings. The van der Waals surface area contributed by atoms with Crippen LogP contribution in [-0.4, -0.2) is 20.2 Å². The summed E-state index contributed by atoms with van der Waals surface area (Å²) in [6.45, 7) is 0. The van der Waals surface area contributed by atoms with Gasteiger partial charge >= 0.3 is 198 Å². The van der Waals surface area contributed by atoms with Gasteiger partial charge in [0, 0.05) is 0 Å². The first kappa shape index (κ1) is 22.4. The molecule has 0 aromatic heterocycles. The normalized spacial score (nSPS) is 11.5. The standard InChI is InChI=1S/2C6Cl5.CH3.Sb/c2*7-2-1-3(8)5(10)6(11)4(2)9;;/h;;1H3;. The van der Waals surface area contributed by atoms with Crippen molar-refractivity contribution in [2.75, 3.05) is 0 Å². The van der Waals surface area contributed by atoms with Crippen molar-refractivity contribution in [1.82, 2.24) is 0 Å². The maximum absolute atomic E-state index is 6.34. The number of hydrogen-bond acceptors (Lipinski definition) is 0. The number of benzene rings is 2. The van der Waals surface area contributed by atoms with Gasteiger partial charge in [0.05, 0.1) is 0 Å². The summed E-state index contributed by atoms with van der Waals surface area (Å²) in [5, 5.41) is 1.41. The van der Waals surface area contributed by atoms with E-state index in [1.165, 1.54) is 0 Å². The van der Waals surface area contributed by atoms with Crippen LogP contribution in [0, 0.1) is 0 Å². The first-order chi connectivity index (χ1) is 11.0. The van der Waals surface area contributed by atoms with E-state index in [1.54, 1.807) is 0 Å². The zero-order valence-electron chi connectivity index (χ0n) is 11.2. The molecule has 0 bridgehead atoms. The van der Waals surface area contributed by atoms with Gasteiger partial charge in [-0.2, -0.15) is 0 Å². The van der Waals surface area contributed by atoms with Crippen LogP contribution in [0.25, 0.3) is 0 Å². The fourth-order valence-electron chi connectivity index (χ4n) is 1.89. The zero-order valence-corrected chi connectivity index (χ0v) is 21.3. The van der Waals surface area contributed by atoms with Crippen LogP contribution in [0.3, 0.4) is 0 Å². The molecule has 0 N–H and O–H groups in total. The molecule has 0 unspecified atom stereocenters. The van der Waals surface area contributed by atoms with Crippen molar-refractivity contribution >= 4 is 143 Å². The van der Waals surface area contributed by atoms with Crippen LogP contribution in [0.15, 0.2) is 0 Å². The molecular formula is C13H3Cl10Sb. The Hall–Kier alpha value is 2.16. The molecule has 2 rings (SSSR count). The Labute approximate surface area is 196 Å². The van der Waals surface area contributed by atoms with Gasteiger partial charge in [-0.3, -0.25) is 0 Å². The van der Waals surface area contributed by atoms with E-state index in [0.717, 1.165) is 0 Å². The van der Waals surface area contributed by atoms with Crippen LogP contribution < -0.4 is 7.02 Å². The molecule has 11 heteroatoms. The minimum absolute atomic E-state index is 0.0790. The van der Waals surface area contributed by atoms with Gasteiger partial charge in [0.1, 0.15) is 0 Å². The Morgan fingerprint density at radius 2 is 0.542 bits per heavy atom. The topological polar surface area (TPSA) is 0 Å². The Morgan fingerprint density at radius 3 is 0.750 bits per heavy atom. The maximum atomic E-state index is 6.34. The predicted molar refractivity (Wildman–Crippen MR) is 114 cm³/mol. The fraction of sp³-hybridized carbons (Fsp3) is 0.0769. The van der Waals surface area contributed by atoms with Gasteiger partial charge in [-0.05, 0) is 0 Å². The van der Waals surface area contributed by atoms with E-state index < -0.39 is 20.2 Å². The van der Waals surface area contributed by atoms with Crippen LogP contribution in [0.4, 0.5) is 0 Å². The van der Waals surface area contributed by atoms with Crippen LogP contribution in [0.1, 0.15) is 0 Å². The van der Waals surface area contributed by atoms with Crippen molar-refractivity contribution in [3.8, 4) is 0 Å². The van der Waals surface area contributed by atoms with Gasteiger partial charge in [-0.25, -0.2) is 0 Å². The van der Waals surface area contributed by atoms with E-state index in [0.29, 0.717) is 7.02 Å². The van der Waals surface area contributed by atoms with Crippen LogP contribution in [0.2, 0.25) is 55.1 Å². The third-order valence-corrected chi connectivity index (χ3v) is 15.6. The molecule has 0 aliphatic rings. The van der Waals surface area contributed by atoms with Gasteiger partial charge in [0.25, 0.3) is 0 Å². The molecule has 0 atom stereocenters. The van der Waals surface area contributed by atoms with Crippen molar-refractivity contribution in [3.63, 3.8) is 0 Å². The molecule has 0 amide bonds. The Balaban J connectivity index is 2.84. The molecule has 0 heterocycles. The van der Waals surface area contributed by atoms with Gasteiger partial charge < -0.3 is 0 Å². The van der Waals surface area contributed by atoms with Crippen LogP contribution in [0.5, 0.6) is 0 Å². The average Bonchev–Trinajstić information content (AvgIpc) is 2.55. The van der Waals surface area contributed by atoms with E-state index in [4.69, 9.17) is 116 Å². The third kappa shape index (κ3) is 3.83. The summed E-state index contributed by atoms with van der Waals surface area (Å²) >= 11 is 59.2. The summed E-state index contributed by atoms with van der Waals surface area (Å²) < 4.78 is 1.14. The third-order valence-electron chi connectivity index (χ3n) is 3.04. The summed E-state index contributed by atoms with van der Waals surface area (Å²) in [6.07, 6.45) is 0. The molecule has 0 aliphatic carbocycles. The molecule has 24 heavy (non-hydrogen) atoms. The van der Waals surface area contributed by atoms with E-state index in [-0.39, 0.29) is 50.2 Å². The second-order valence-electron chi connectivity index (χ2n) is 4.40. The molecule has 0 radical (unpaired) electrons. The zero-order chi connectivity index (χ0) is 18.5. The fourth-order valence-corrected chi connectivity index (χ4v) is 13.6. The number of halogens is 10. The molecular weight excluding hydrogens is 632 g/mol. The minimum atomic E-state index is -2.74. The van der Waals surface area contributed by atoms with Crippen molar-refractivity contribution in [1.29, 1.82) is 0 Å². The summed E-state index contributed by atoms with van der Waals surface area (Å²) in [7, 11) is 0. The quantitative estimate of drug-likeness (QED) is 0.177. The SMILES string of the molecule is [CH3][Sb]([c]1c(Cl)c(Cl)c(Cl)c(Cl)c1Cl)[c]1c(Cl)c(Cl)c(Cl)c(Cl)c1Cl. The van der Waals surface area contributed by atoms with E-state index in [9.17, 15) is 0 Å². The van der Waals surface area contributed by atoms with Gasteiger partial charge in [-0.15, -0.1) is 0 Å². The van der Waals surface area contributed by atoms with Crippen LogP contribution in [-0.2, 0) is 0 Å². The number of hydrogen-bond donors (Lipinski definition) is 0. The van der Waals surface area contributed by atoms with Crippen molar-refractivity contribution in [2.45, 2.75) is 4.87 Å². The summed E-state index contributed by atoms with van der Waals surface area (Å²) in [4.78, 5) is 1.92. The van der Waals surface area contributed by atoms with E-state index in [2.05, 4.69) is 0 Å². The van der Waals surface area contributed by atoms with E-state index >= 15 is 0 Å². The Bertz CT molecular complexity index is 720. The first-order valence-electron chi connectivity index (χ1n) is 5.78. The first-order valence-corrected chi connectivity index (χ1v) is 14.7. The monoisotopic (exact) mass is 630 g/mol. The van der Waals surface area contributed by atoms with Crippen LogP contribution >= 0.6 is 116 Å². The Kier molecular flexibility index (Phi) is 8.11. The average molecular weight is 635 g/mol. The summed E-state index contributed by atoms with van der Waals surface area (Å²) in [5.74, 6) is 0. The molecule has 0 saturated heterocycles. The van der Waals surface area contributed by atoms with E-state index in [1.807, 2.05) is 4.87 Å². The van der Waals surface area contributed by atoms with Crippen molar-refractivity contribution < 1.29 is 0 Å². The van der Waals surface area contributed by atoms with Gasteiger partial charge in [-0.1, -0.05) is 0 Å². The molecule has 0 aliphatic heterocycles. The number of rotatable bonds is 2. The van der Waals surface area contributed by atoms with Crippen molar-refractivity contribution in [3.05, 3.63) is 50.2 Å². The molecule has 0 saturated carbocycles. The summed E-state index contributed by atoms with van der Waals surface area (Å²) in [6, 6.07) is 0. The Morgan fingerprint density at radius 1 is 0.375 bits per heavy atom. The second kappa shape index (κ2) is 8.67. The second-order valence-corrected chi connectivity index (χ2v) is 13.9. The van der Waals surface area contributed by atoms with Gasteiger partial charge in [0.2, 0.25) is 0 Å². The molecule has 2 aromatic carbocycles.